The summed E-state index contributed by atoms with van der Waals surface area (Å²) in [7, 11) is 0. The van der Waals surface area contributed by atoms with E-state index >= 15 is 0 Å². The number of nitrogens with two attached hydrogens (primary N) is 1. The van der Waals surface area contributed by atoms with Gasteiger partial charge in [0.05, 0.1) is 17.2 Å². The Bertz CT molecular complexity index is 544. The summed E-state index contributed by atoms with van der Waals surface area (Å²) < 4.78 is 0. The van der Waals surface area contributed by atoms with Gasteiger partial charge in [-0.3, -0.25) is 9.78 Å². The molecule has 2 N–H and O–H groups in total. The predicted molar refractivity (Wildman–Crippen MR) is 83.7 cm³/mol. The van der Waals surface area contributed by atoms with Crippen LogP contribution in [-0.2, 0) is 17.8 Å². The first-order valence-corrected chi connectivity index (χ1v) is 7.95. The maximum absolute atomic E-state index is 12.5. The molecule has 5 nitrogen and oxygen atoms in total. The maximum Gasteiger partial charge on any atom is 0.240 e. The summed E-state index contributed by atoms with van der Waals surface area (Å²) >= 11 is 1.51. The van der Waals surface area contributed by atoms with Gasteiger partial charge in [-0.2, -0.15) is 0 Å². The fraction of sp³-hybridized carbons (Fsp3) is 0.400. The van der Waals surface area contributed by atoms with E-state index in [9.17, 15) is 4.79 Å². The van der Waals surface area contributed by atoms with Crippen LogP contribution >= 0.6 is 11.3 Å². The highest BCUT2D eigenvalue weighted by molar-refractivity contribution is 7.07. The van der Waals surface area contributed by atoms with E-state index in [4.69, 9.17) is 5.73 Å². The van der Waals surface area contributed by atoms with Crippen molar-refractivity contribution in [2.45, 2.75) is 32.4 Å². The molecule has 0 unspecified atom stereocenters. The van der Waals surface area contributed by atoms with Crippen LogP contribution in [0.15, 0.2) is 35.4 Å². The van der Waals surface area contributed by atoms with E-state index in [2.05, 4.69) is 16.9 Å². The molecule has 0 spiro atoms. The summed E-state index contributed by atoms with van der Waals surface area (Å²) in [5, 5.41) is 1.93. The molecule has 0 aromatic carbocycles. The number of rotatable bonds is 7. The molecule has 0 fully saturated rings. The lowest BCUT2D eigenvalue weighted by Gasteiger charge is -2.25. The molecule has 2 aromatic rings. The lowest BCUT2D eigenvalue weighted by Crippen LogP contribution is -2.45. The molecule has 2 heterocycles. The van der Waals surface area contributed by atoms with Crippen molar-refractivity contribution in [2.24, 2.45) is 5.73 Å². The average molecular weight is 304 g/mol. The zero-order chi connectivity index (χ0) is 15.1. The van der Waals surface area contributed by atoms with Crippen LogP contribution in [0, 0.1) is 0 Å². The molecule has 0 aliphatic rings. The van der Waals surface area contributed by atoms with Crippen molar-refractivity contribution < 1.29 is 4.79 Å². The maximum atomic E-state index is 12.5. The van der Waals surface area contributed by atoms with Gasteiger partial charge in [0.1, 0.15) is 0 Å². The monoisotopic (exact) mass is 304 g/mol. The van der Waals surface area contributed by atoms with Gasteiger partial charge < -0.3 is 10.6 Å². The van der Waals surface area contributed by atoms with Crippen molar-refractivity contribution in [1.29, 1.82) is 0 Å². The smallest absolute Gasteiger partial charge is 0.240 e. The summed E-state index contributed by atoms with van der Waals surface area (Å²) in [6.45, 7) is 3.29. The Labute approximate surface area is 128 Å². The molecular formula is C15H20N4OS. The Kier molecular flexibility index (Phi) is 5.83. The molecule has 0 saturated carbocycles. The van der Waals surface area contributed by atoms with Crippen LogP contribution in [0.4, 0.5) is 0 Å². The number of hydrogen-bond acceptors (Lipinski definition) is 5. The second-order valence-corrected chi connectivity index (χ2v) is 5.63. The number of aromatic nitrogens is 2. The second kappa shape index (κ2) is 7.85. The molecule has 2 aromatic heterocycles. The van der Waals surface area contributed by atoms with E-state index in [1.54, 1.807) is 22.8 Å². The van der Waals surface area contributed by atoms with Crippen LogP contribution in [0.5, 0.6) is 0 Å². The van der Waals surface area contributed by atoms with E-state index in [0.717, 1.165) is 17.7 Å². The highest BCUT2D eigenvalue weighted by atomic mass is 32.1. The van der Waals surface area contributed by atoms with Gasteiger partial charge >= 0.3 is 0 Å². The van der Waals surface area contributed by atoms with E-state index in [1.807, 2.05) is 17.5 Å². The highest BCUT2D eigenvalue weighted by Crippen LogP contribution is 2.09. The minimum atomic E-state index is -0.546. The number of hydrogen-bond donors (Lipinski definition) is 1. The molecule has 0 radical (unpaired) electrons. The summed E-state index contributed by atoms with van der Waals surface area (Å²) in [5.74, 6) is -0.0336. The molecule has 0 bridgehead atoms. The largest absolute Gasteiger partial charge is 0.337 e. The molecule has 1 amide bonds. The number of thiazole rings is 1. The van der Waals surface area contributed by atoms with Crippen molar-refractivity contribution in [1.82, 2.24) is 14.9 Å². The third-order valence-electron chi connectivity index (χ3n) is 3.13. The molecule has 2 rings (SSSR count). The van der Waals surface area contributed by atoms with Crippen molar-refractivity contribution in [3.8, 4) is 0 Å². The second-order valence-electron chi connectivity index (χ2n) is 4.91. The first-order chi connectivity index (χ1) is 10.2. The van der Waals surface area contributed by atoms with Crippen LogP contribution in [0.3, 0.4) is 0 Å². The Morgan fingerprint density at radius 2 is 2.38 bits per heavy atom. The summed E-state index contributed by atoms with van der Waals surface area (Å²) in [4.78, 5) is 22.6. The lowest BCUT2D eigenvalue weighted by molar-refractivity contribution is -0.133. The zero-order valence-corrected chi connectivity index (χ0v) is 12.9. The number of nitrogens with zero attached hydrogens (tertiary/aromatic N) is 3. The molecule has 1 atom stereocenters. The zero-order valence-electron chi connectivity index (χ0n) is 12.1. The number of amides is 1. The molecule has 0 saturated heterocycles. The first kappa shape index (κ1) is 15.6. The minimum Gasteiger partial charge on any atom is -0.337 e. The highest BCUT2D eigenvalue weighted by Gasteiger charge is 2.21. The van der Waals surface area contributed by atoms with E-state index in [0.29, 0.717) is 19.5 Å². The van der Waals surface area contributed by atoms with Gasteiger partial charge in [0.2, 0.25) is 5.91 Å². The van der Waals surface area contributed by atoms with Crippen molar-refractivity contribution in [3.63, 3.8) is 0 Å². The minimum absolute atomic E-state index is 0.0336. The Morgan fingerprint density at radius 1 is 1.52 bits per heavy atom. The SMILES string of the molecule is CCCN(Cc1cccnc1)C(=O)[C@@H](N)Cc1cscn1. The van der Waals surface area contributed by atoms with Gasteiger partial charge in [-0.15, -0.1) is 11.3 Å². The van der Waals surface area contributed by atoms with Gasteiger partial charge in [0, 0.05) is 37.3 Å². The number of pyridine rings is 1. The van der Waals surface area contributed by atoms with Crippen LogP contribution in [0.1, 0.15) is 24.6 Å². The predicted octanol–water partition coefficient (Wildman–Crippen LogP) is 1.85. The standard InChI is InChI=1S/C15H20N4OS/c1-2-6-19(9-12-4-3-5-17-8-12)15(20)14(16)7-13-10-21-11-18-13/h3-5,8,10-11,14H,2,6-7,9,16H2,1H3/t14-/m0/s1. The summed E-state index contributed by atoms with van der Waals surface area (Å²) in [6, 6.07) is 3.30. The topological polar surface area (TPSA) is 72.1 Å². The molecular weight excluding hydrogens is 284 g/mol. The third-order valence-corrected chi connectivity index (χ3v) is 3.77. The van der Waals surface area contributed by atoms with Crippen LogP contribution in [0.2, 0.25) is 0 Å². The summed E-state index contributed by atoms with van der Waals surface area (Å²) in [6.07, 6.45) is 4.89. The van der Waals surface area contributed by atoms with Crippen molar-refractivity contribution in [3.05, 3.63) is 46.7 Å². The number of carbonyl (C=O) groups is 1. The molecule has 0 aliphatic carbocycles. The van der Waals surface area contributed by atoms with Crippen LogP contribution in [0.25, 0.3) is 0 Å². The third kappa shape index (κ3) is 4.61. The molecule has 112 valence electrons. The molecule has 0 aliphatic heterocycles. The van der Waals surface area contributed by atoms with Crippen LogP contribution < -0.4 is 5.73 Å². The lowest BCUT2D eigenvalue weighted by atomic mass is 10.1. The van der Waals surface area contributed by atoms with Gasteiger partial charge in [-0.05, 0) is 18.1 Å². The summed E-state index contributed by atoms with van der Waals surface area (Å²) in [5.41, 5.74) is 9.69. The Balaban J connectivity index is 2.00. The van der Waals surface area contributed by atoms with Gasteiger partial charge in [-0.1, -0.05) is 13.0 Å². The van der Waals surface area contributed by atoms with Crippen LogP contribution in [-0.4, -0.2) is 33.4 Å². The first-order valence-electron chi connectivity index (χ1n) is 7.01. The Hall–Kier alpha value is -1.79. The average Bonchev–Trinajstić information content (AvgIpc) is 3.00. The van der Waals surface area contributed by atoms with E-state index < -0.39 is 6.04 Å². The van der Waals surface area contributed by atoms with Crippen molar-refractivity contribution in [2.75, 3.05) is 6.54 Å². The molecule has 6 heteroatoms. The fourth-order valence-corrected chi connectivity index (χ4v) is 2.71. The van der Waals surface area contributed by atoms with E-state index in [-0.39, 0.29) is 5.91 Å². The van der Waals surface area contributed by atoms with Gasteiger partial charge in [-0.25, -0.2) is 4.98 Å². The number of carbonyl (C=O) groups excluding carboxylic acids is 1. The Morgan fingerprint density at radius 3 is 3.00 bits per heavy atom. The normalized spacial score (nSPS) is 12.1. The van der Waals surface area contributed by atoms with Gasteiger partial charge in [0.25, 0.3) is 0 Å². The quantitative estimate of drug-likeness (QED) is 0.847. The molecule has 21 heavy (non-hydrogen) atoms. The van der Waals surface area contributed by atoms with E-state index in [1.165, 1.54) is 11.3 Å². The van der Waals surface area contributed by atoms with Crippen molar-refractivity contribution >= 4 is 17.2 Å². The van der Waals surface area contributed by atoms with Gasteiger partial charge in [0.15, 0.2) is 0 Å². The fourth-order valence-electron chi connectivity index (χ4n) is 2.13.